The van der Waals surface area contributed by atoms with Crippen LogP contribution in [0.4, 0.5) is 5.69 Å². The monoisotopic (exact) mass is 349 g/mol. The Kier molecular flexibility index (Phi) is 4.37. The number of hydrogen-bond acceptors (Lipinski definition) is 4. The van der Waals surface area contributed by atoms with E-state index in [0.717, 1.165) is 4.47 Å². The normalized spacial score (nSPS) is 10.2. The Balaban J connectivity index is 2.43. The van der Waals surface area contributed by atoms with Gasteiger partial charge in [-0.05, 0) is 43.7 Å². The molecule has 2 rings (SSSR count). The van der Waals surface area contributed by atoms with E-state index in [1.54, 1.807) is 38.1 Å². The molecule has 0 saturated heterocycles. The van der Waals surface area contributed by atoms with Crippen molar-refractivity contribution in [2.75, 3.05) is 0 Å². The van der Waals surface area contributed by atoms with Crippen molar-refractivity contribution in [3.63, 3.8) is 0 Å². The van der Waals surface area contributed by atoms with Gasteiger partial charge in [-0.1, -0.05) is 15.9 Å². The summed E-state index contributed by atoms with van der Waals surface area (Å²) < 4.78 is 6.50. The van der Waals surface area contributed by atoms with Crippen LogP contribution in [-0.2, 0) is 0 Å². The molecule has 0 aliphatic heterocycles. The second-order valence-electron chi connectivity index (χ2n) is 4.56. The fourth-order valence-electron chi connectivity index (χ4n) is 1.90. The molecule has 0 spiro atoms. The van der Waals surface area contributed by atoms with Crippen molar-refractivity contribution in [1.29, 1.82) is 0 Å². The number of nitro groups is 1. The molecular formula is C15H12BrNO4. The molecule has 0 radical (unpaired) electrons. The van der Waals surface area contributed by atoms with Crippen LogP contribution >= 0.6 is 15.9 Å². The lowest BCUT2D eigenvalue weighted by Crippen LogP contribution is -1.96. The number of benzene rings is 2. The Morgan fingerprint density at radius 3 is 2.48 bits per heavy atom. The number of carbonyl (C=O) groups is 1. The van der Waals surface area contributed by atoms with Crippen LogP contribution < -0.4 is 4.74 Å². The fourth-order valence-corrected chi connectivity index (χ4v) is 2.28. The van der Waals surface area contributed by atoms with Crippen LogP contribution in [0.3, 0.4) is 0 Å². The highest BCUT2D eigenvalue weighted by atomic mass is 79.9. The quantitative estimate of drug-likeness (QED) is 0.460. The van der Waals surface area contributed by atoms with Gasteiger partial charge in [-0.2, -0.15) is 0 Å². The van der Waals surface area contributed by atoms with E-state index in [1.165, 1.54) is 6.07 Å². The summed E-state index contributed by atoms with van der Waals surface area (Å²) in [5.41, 5.74) is 1.59. The number of nitrogens with zero attached hydrogens (tertiary/aromatic N) is 1. The zero-order valence-electron chi connectivity index (χ0n) is 11.4. The SMILES string of the molecule is Cc1cc([N+](=O)[O-])c(C)cc1Oc1ccc(Br)cc1C=O. The summed E-state index contributed by atoms with van der Waals surface area (Å²) in [5, 5.41) is 10.9. The number of ether oxygens (including phenoxy) is 1. The highest BCUT2D eigenvalue weighted by Crippen LogP contribution is 2.33. The fraction of sp³-hybridized carbons (Fsp3) is 0.133. The van der Waals surface area contributed by atoms with Crippen LogP contribution in [-0.4, -0.2) is 11.2 Å². The Morgan fingerprint density at radius 1 is 1.14 bits per heavy atom. The number of halogens is 1. The van der Waals surface area contributed by atoms with E-state index >= 15 is 0 Å². The Morgan fingerprint density at radius 2 is 1.86 bits per heavy atom. The van der Waals surface area contributed by atoms with Gasteiger partial charge in [0, 0.05) is 16.1 Å². The van der Waals surface area contributed by atoms with Gasteiger partial charge in [-0.3, -0.25) is 14.9 Å². The second-order valence-corrected chi connectivity index (χ2v) is 5.48. The molecule has 0 aliphatic rings. The molecule has 0 heterocycles. The zero-order valence-corrected chi connectivity index (χ0v) is 13.0. The van der Waals surface area contributed by atoms with E-state index in [1.807, 2.05) is 0 Å². The lowest BCUT2D eigenvalue weighted by Gasteiger charge is -2.11. The first kappa shape index (κ1) is 15.2. The third-order valence-electron chi connectivity index (χ3n) is 3.01. The highest BCUT2D eigenvalue weighted by Gasteiger charge is 2.15. The zero-order chi connectivity index (χ0) is 15.6. The maximum absolute atomic E-state index is 11.1. The summed E-state index contributed by atoms with van der Waals surface area (Å²) in [6.07, 6.45) is 0.702. The van der Waals surface area contributed by atoms with Crippen LogP contribution in [0.25, 0.3) is 0 Å². The predicted molar refractivity (Wildman–Crippen MR) is 82.2 cm³/mol. The van der Waals surface area contributed by atoms with Crippen molar-refractivity contribution in [2.45, 2.75) is 13.8 Å². The number of aryl methyl sites for hydroxylation is 2. The van der Waals surface area contributed by atoms with Gasteiger partial charge in [-0.15, -0.1) is 0 Å². The van der Waals surface area contributed by atoms with Gasteiger partial charge in [0.25, 0.3) is 5.69 Å². The molecular weight excluding hydrogens is 338 g/mol. The average Bonchev–Trinajstić information content (AvgIpc) is 2.43. The molecule has 6 heteroatoms. The Labute approximate surface area is 129 Å². The highest BCUT2D eigenvalue weighted by molar-refractivity contribution is 9.10. The molecule has 0 amide bonds. The molecule has 21 heavy (non-hydrogen) atoms. The van der Waals surface area contributed by atoms with Gasteiger partial charge >= 0.3 is 0 Å². The van der Waals surface area contributed by atoms with E-state index in [4.69, 9.17) is 4.74 Å². The van der Waals surface area contributed by atoms with Crippen LogP contribution in [0.15, 0.2) is 34.8 Å². The third kappa shape index (κ3) is 3.28. The van der Waals surface area contributed by atoms with Crippen LogP contribution in [0, 0.1) is 24.0 Å². The van der Waals surface area contributed by atoms with Gasteiger partial charge in [-0.25, -0.2) is 0 Å². The lowest BCUT2D eigenvalue weighted by atomic mass is 10.1. The Bertz CT molecular complexity index is 728. The molecule has 0 bridgehead atoms. The molecule has 2 aromatic rings. The number of carbonyl (C=O) groups excluding carboxylic acids is 1. The standard InChI is InChI=1S/C15H12BrNO4/c1-9-6-15(10(2)5-13(9)17(19)20)21-14-4-3-12(16)7-11(14)8-18/h3-8H,1-2H3. The van der Waals surface area contributed by atoms with Crippen molar-refractivity contribution >= 4 is 27.9 Å². The van der Waals surface area contributed by atoms with E-state index in [0.29, 0.717) is 34.5 Å². The minimum absolute atomic E-state index is 0.0475. The number of rotatable bonds is 4. The van der Waals surface area contributed by atoms with Crippen LogP contribution in [0.5, 0.6) is 11.5 Å². The molecule has 0 fully saturated rings. The summed E-state index contributed by atoms with van der Waals surface area (Å²) in [6, 6.07) is 8.14. The Hall–Kier alpha value is -2.21. The summed E-state index contributed by atoms with van der Waals surface area (Å²) in [6.45, 7) is 3.37. The van der Waals surface area contributed by atoms with Gasteiger partial charge in [0.15, 0.2) is 6.29 Å². The molecule has 0 saturated carbocycles. The maximum Gasteiger partial charge on any atom is 0.272 e. The largest absolute Gasteiger partial charge is 0.456 e. The summed E-state index contributed by atoms with van der Waals surface area (Å²) in [4.78, 5) is 21.5. The van der Waals surface area contributed by atoms with E-state index in [-0.39, 0.29) is 5.69 Å². The first-order chi connectivity index (χ1) is 9.92. The summed E-state index contributed by atoms with van der Waals surface area (Å²) in [7, 11) is 0. The van der Waals surface area contributed by atoms with E-state index in [2.05, 4.69) is 15.9 Å². The van der Waals surface area contributed by atoms with Gasteiger partial charge in [0.2, 0.25) is 0 Å². The second kappa shape index (κ2) is 6.05. The molecule has 0 atom stereocenters. The third-order valence-corrected chi connectivity index (χ3v) is 3.50. The summed E-state index contributed by atoms with van der Waals surface area (Å²) in [5.74, 6) is 0.896. The van der Waals surface area contributed by atoms with Crippen molar-refractivity contribution in [2.24, 2.45) is 0 Å². The topological polar surface area (TPSA) is 69.4 Å². The smallest absolute Gasteiger partial charge is 0.272 e. The average molecular weight is 350 g/mol. The van der Waals surface area contributed by atoms with Gasteiger partial charge < -0.3 is 4.74 Å². The van der Waals surface area contributed by atoms with Crippen molar-refractivity contribution in [1.82, 2.24) is 0 Å². The molecule has 108 valence electrons. The van der Waals surface area contributed by atoms with Crippen molar-refractivity contribution in [3.05, 3.63) is 61.6 Å². The van der Waals surface area contributed by atoms with Gasteiger partial charge in [0.05, 0.1) is 10.5 Å². The maximum atomic E-state index is 11.1. The first-order valence-electron chi connectivity index (χ1n) is 6.10. The van der Waals surface area contributed by atoms with Crippen molar-refractivity contribution in [3.8, 4) is 11.5 Å². The molecule has 0 aromatic heterocycles. The van der Waals surface area contributed by atoms with E-state index in [9.17, 15) is 14.9 Å². The molecule has 0 unspecified atom stereocenters. The first-order valence-corrected chi connectivity index (χ1v) is 6.90. The number of nitro benzene ring substituents is 1. The minimum atomic E-state index is -0.428. The van der Waals surface area contributed by atoms with E-state index < -0.39 is 4.92 Å². The molecule has 0 aliphatic carbocycles. The van der Waals surface area contributed by atoms with Crippen LogP contribution in [0.1, 0.15) is 21.5 Å². The number of aldehydes is 1. The minimum Gasteiger partial charge on any atom is -0.456 e. The molecule has 0 N–H and O–H groups in total. The number of hydrogen-bond donors (Lipinski definition) is 0. The van der Waals surface area contributed by atoms with Crippen LogP contribution in [0.2, 0.25) is 0 Å². The predicted octanol–water partition coefficient (Wildman–Crippen LogP) is 4.58. The van der Waals surface area contributed by atoms with Gasteiger partial charge in [0.1, 0.15) is 11.5 Å². The van der Waals surface area contributed by atoms with Crippen molar-refractivity contribution < 1.29 is 14.5 Å². The molecule has 5 nitrogen and oxygen atoms in total. The summed E-state index contributed by atoms with van der Waals surface area (Å²) >= 11 is 3.28. The molecule has 2 aromatic carbocycles. The lowest BCUT2D eigenvalue weighted by molar-refractivity contribution is -0.385.